The maximum absolute atomic E-state index is 13.4. The second-order valence-corrected chi connectivity index (χ2v) is 9.43. The Balaban J connectivity index is 1.33. The SMILES string of the molecule is COc1cccc(Cc2nsc(N(CC(=O)N3CCc4ccccc4C3)Cc3ccccc3)n2)c1. The number of carbonyl (C=O) groups is 1. The van der Waals surface area contributed by atoms with Gasteiger partial charge in [-0.25, -0.2) is 4.98 Å². The molecule has 0 aliphatic carbocycles. The van der Waals surface area contributed by atoms with Crippen molar-refractivity contribution in [1.82, 2.24) is 14.3 Å². The van der Waals surface area contributed by atoms with Crippen LogP contribution in [-0.4, -0.2) is 40.4 Å². The van der Waals surface area contributed by atoms with E-state index in [1.165, 1.54) is 22.7 Å². The van der Waals surface area contributed by atoms with Crippen LogP contribution in [0.2, 0.25) is 0 Å². The van der Waals surface area contributed by atoms with E-state index in [4.69, 9.17) is 9.72 Å². The maximum atomic E-state index is 13.4. The number of nitrogens with zero attached hydrogens (tertiary/aromatic N) is 4. The van der Waals surface area contributed by atoms with Gasteiger partial charge in [-0.05, 0) is 40.8 Å². The van der Waals surface area contributed by atoms with Crippen LogP contribution < -0.4 is 9.64 Å². The predicted molar refractivity (Wildman–Crippen MR) is 139 cm³/mol. The van der Waals surface area contributed by atoms with Crippen molar-refractivity contribution in [3.05, 3.63) is 107 Å². The second kappa shape index (κ2) is 10.7. The van der Waals surface area contributed by atoms with Crippen LogP contribution in [0.25, 0.3) is 0 Å². The van der Waals surface area contributed by atoms with E-state index in [2.05, 4.69) is 34.7 Å². The highest BCUT2D eigenvalue weighted by Crippen LogP contribution is 2.24. The zero-order valence-electron chi connectivity index (χ0n) is 19.8. The molecule has 0 bridgehead atoms. The zero-order valence-corrected chi connectivity index (χ0v) is 20.6. The van der Waals surface area contributed by atoms with Gasteiger partial charge in [0.1, 0.15) is 11.6 Å². The Morgan fingerprint density at radius 2 is 1.77 bits per heavy atom. The molecule has 0 unspecified atom stereocenters. The Morgan fingerprint density at radius 3 is 2.60 bits per heavy atom. The van der Waals surface area contributed by atoms with Crippen molar-refractivity contribution in [3.8, 4) is 5.75 Å². The van der Waals surface area contributed by atoms with Crippen LogP contribution in [0.5, 0.6) is 5.75 Å². The van der Waals surface area contributed by atoms with E-state index >= 15 is 0 Å². The molecule has 4 aromatic rings. The molecule has 7 heteroatoms. The number of ether oxygens (including phenoxy) is 1. The van der Waals surface area contributed by atoms with Crippen molar-refractivity contribution in [3.63, 3.8) is 0 Å². The van der Waals surface area contributed by atoms with E-state index in [0.29, 0.717) is 19.5 Å². The summed E-state index contributed by atoms with van der Waals surface area (Å²) in [5.74, 6) is 1.67. The fourth-order valence-corrected chi connectivity index (χ4v) is 5.06. The zero-order chi connectivity index (χ0) is 24.0. The number of hydrogen-bond donors (Lipinski definition) is 0. The summed E-state index contributed by atoms with van der Waals surface area (Å²) in [6.45, 7) is 2.27. The molecule has 178 valence electrons. The van der Waals surface area contributed by atoms with Gasteiger partial charge in [0.2, 0.25) is 11.0 Å². The molecule has 0 saturated carbocycles. The molecule has 3 aromatic carbocycles. The second-order valence-electron chi connectivity index (χ2n) is 8.70. The van der Waals surface area contributed by atoms with E-state index in [1.807, 2.05) is 58.3 Å². The van der Waals surface area contributed by atoms with Crippen LogP contribution in [0.4, 0.5) is 5.13 Å². The summed E-state index contributed by atoms with van der Waals surface area (Å²) >= 11 is 1.35. The standard InChI is InChI=1S/C28H28N4O2S/c1-34-25-13-7-10-22(16-25)17-26-29-28(35-30-26)32(18-21-8-3-2-4-9-21)20-27(33)31-15-14-23-11-5-6-12-24(23)19-31/h2-13,16H,14-15,17-20H2,1H3. The summed E-state index contributed by atoms with van der Waals surface area (Å²) in [5, 5.41) is 0.762. The summed E-state index contributed by atoms with van der Waals surface area (Å²) in [6.07, 6.45) is 1.51. The quantitative estimate of drug-likeness (QED) is 0.362. The van der Waals surface area contributed by atoms with Crippen molar-refractivity contribution in [2.45, 2.75) is 25.9 Å². The molecule has 1 aromatic heterocycles. The monoisotopic (exact) mass is 484 g/mol. The first kappa shape index (κ1) is 23.1. The minimum absolute atomic E-state index is 0.111. The highest BCUT2D eigenvalue weighted by atomic mass is 32.1. The van der Waals surface area contributed by atoms with Gasteiger partial charge in [-0.1, -0.05) is 66.7 Å². The van der Waals surface area contributed by atoms with E-state index in [9.17, 15) is 4.79 Å². The minimum Gasteiger partial charge on any atom is -0.497 e. The summed E-state index contributed by atoms with van der Waals surface area (Å²) in [5.41, 5.74) is 4.79. The molecule has 1 aliphatic rings. The van der Waals surface area contributed by atoms with Crippen molar-refractivity contribution < 1.29 is 9.53 Å². The normalized spacial score (nSPS) is 12.8. The number of carbonyl (C=O) groups excluding carboxylic acids is 1. The molecule has 0 N–H and O–H groups in total. The fraction of sp³-hybridized carbons (Fsp3) is 0.250. The fourth-order valence-electron chi connectivity index (χ4n) is 4.38. The van der Waals surface area contributed by atoms with Crippen molar-refractivity contribution in [1.29, 1.82) is 0 Å². The van der Waals surface area contributed by atoms with Crippen molar-refractivity contribution in [2.24, 2.45) is 0 Å². The summed E-state index contributed by atoms with van der Waals surface area (Å²) < 4.78 is 9.94. The first-order valence-corrected chi connectivity index (χ1v) is 12.5. The van der Waals surface area contributed by atoms with Crippen molar-refractivity contribution in [2.75, 3.05) is 25.1 Å². The minimum atomic E-state index is 0.111. The summed E-state index contributed by atoms with van der Waals surface area (Å²) in [7, 11) is 1.66. The van der Waals surface area contributed by atoms with E-state index in [0.717, 1.165) is 40.8 Å². The molecule has 6 nitrogen and oxygen atoms in total. The highest BCUT2D eigenvalue weighted by molar-refractivity contribution is 7.09. The van der Waals surface area contributed by atoms with Gasteiger partial charge in [0.15, 0.2) is 0 Å². The number of benzene rings is 3. The molecule has 35 heavy (non-hydrogen) atoms. The third-order valence-corrected chi connectivity index (χ3v) is 7.06. The Hall–Kier alpha value is -3.71. The summed E-state index contributed by atoms with van der Waals surface area (Å²) in [4.78, 5) is 22.2. The van der Waals surface area contributed by atoms with Crippen LogP contribution in [-0.2, 0) is 30.7 Å². The van der Waals surface area contributed by atoms with Crippen LogP contribution >= 0.6 is 11.5 Å². The van der Waals surface area contributed by atoms with Gasteiger partial charge >= 0.3 is 0 Å². The molecule has 0 radical (unpaired) electrons. The molecule has 0 saturated heterocycles. The lowest BCUT2D eigenvalue weighted by Gasteiger charge is -2.31. The van der Waals surface area contributed by atoms with Crippen LogP contribution in [0.3, 0.4) is 0 Å². The average Bonchev–Trinajstić information content (AvgIpc) is 3.37. The van der Waals surface area contributed by atoms with Crippen LogP contribution in [0.15, 0.2) is 78.9 Å². The van der Waals surface area contributed by atoms with Gasteiger partial charge < -0.3 is 14.5 Å². The highest BCUT2D eigenvalue weighted by Gasteiger charge is 2.24. The van der Waals surface area contributed by atoms with Gasteiger partial charge in [-0.3, -0.25) is 4.79 Å². The number of rotatable bonds is 8. The molecule has 0 fully saturated rings. The first-order chi connectivity index (χ1) is 17.2. The van der Waals surface area contributed by atoms with E-state index in [-0.39, 0.29) is 12.5 Å². The lowest BCUT2D eigenvalue weighted by Crippen LogP contribution is -2.42. The molecular weight excluding hydrogens is 456 g/mol. The topological polar surface area (TPSA) is 58.6 Å². The molecule has 1 amide bonds. The summed E-state index contributed by atoms with van der Waals surface area (Å²) in [6, 6.07) is 26.5. The van der Waals surface area contributed by atoms with Gasteiger partial charge in [0.25, 0.3) is 0 Å². The first-order valence-electron chi connectivity index (χ1n) is 11.8. The maximum Gasteiger partial charge on any atom is 0.242 e. The number of methoxy groups -OCH3 is 1. The van der Waals surface area contributed by atoms with Gasteiger partial charge in [0, 0.05) is 37.6 Å². The van der Waals surface area contributed by atoms with Gasteiger partial charge in [-0.2, -0.15) is 4.37 Å². The van der Waals surface area contributed by atoms with Gasteiger partial charge in [0.05, 0.1) is 13.7 Å². The van der Waals surface area contributed by atoms with Crippen LogP contribution in [0.1, 0.15) is 28.1 Å². The van der Waals surface area contributed by atoms with Crippen molar-refractivity contribution >= 4 is 22.6 Å². The molecule has 1 aliphatic heterocycles. The lowest BCUT2D eigenvalue weighted by molar-refractivity contribution is -0.130. The van der Waals surface area contributed by atoms with E-state index in [1.54, 1.807) is 7.11 Å². The Labute approximate surface area is 210 Å². The largest absolute Gasteiger partial charge is 0.497 e. The molecule has 5 rings (SSSR count). The third kappa shape index (κ3) is 5.69. The van der Waals surface area contributed by atoms with E-state index < -0.39 is 0 Å². The number of aromatic nitrogens is 2. The van der Waals surface area contributed by atoms with Crippen LogP contribution in [0, 0.1) is 0 Å². The third-order valence-electron chi connectivity index (χ3n) is 6.25. The lowest BCUT2D eigenvalue weighted by atomic mass is 10.00. The molecule has 0 atom stereocenters. The predicted octanol–water partition coefficient (Wildman–Crippen LogP) is 4.73. The molecular formula is C28H28N4O2S. The molecule has 2 heterocycles. The number of anilines is 1. The molecule has 0 spiro atoms. The number of fused-ring (bicyclic) bond motifs is 1. The number of amides is 1. The average molecular weight is 485 g/mol. The number of hydrogen-bond acceptors (Lipinski definition) is 6. The smallest absolute Gasteiger partial charge is 0.242 e. The Morgan fingerprint density at radius 1 is 1.00 bits per heavy atom. The van der Waals surface area contributed by atoms with Gasteiger partial charge in [-0.15, -0.1) is 0 Å². The Bertz CT molecular complexity index is 1290. The Kier molecular flexibility index (Phi) is 7.04.